The molecule has 0 heterocycles. The van der Waals surface area contributed by atoms with Crippen molar-refractivity contribution in [2.24, 2.45) is 0 Å². The molecule has 3 nitrogen and oxygen atoms in total. The van der Waals surface area contributed by atoms with Gasteiger partial charge in [0, 0.05) is 5.57 Å². The largest absolute Gasteiger partial charge is 0.466 e. The zero-order chi connectivity index (χ0) is 9.98. The van der Waals surface area contributed by atoms with Gasteiger partial charge in [-0.05, 0) is 13.8 Å². The lowest BCUT2D eigenvalue weighted by atomic mass is 10.4. The van der Waals surface area contributed by atoms with Crippen LogP contribution < -0.4 is 0 Å². The number of carbonyl (C=O) groups is 1. The first-order chi connectivity index (χ1) is 5.59. The van der Waals surface area contributed by atoms with Crippen molar-refractivity contribution in [1.82, 2.24) is 0 Å². The van der Waals surface area contributed by atoms with Crippen LogP contribution in [-0.2, 0) is 9.53 Å². The van der Waals surface area contributed by atoms with Crippen molar-refractivity contribution in [3.05, 3.63) is 24.3 Å². The molecule has 0 aromatic heterocycles. The first-order valence-electron chi connectivity index (χ1n) is 3.56. The van der Waals surface area contributed by atoms with Crippen LogP contribution in [0.25, 0.3) is 0 Å². The third-order valence-electron chi connectivity index (χ3n) is 0.875. The third kappa shape index (κ3) is 11.7. The molecule has 0 rings (SSSR count). The highest BCUT2D eigenvalue weighted by Gasteiger charge is 1.95. The maximum Gasteiger partial charge on any atom is 0.332 e. The fourth-order valence-corrected chi connectivity index (χ4v) is 0.280. The summed E-state index contributed by atoms with van der Waals surface area (Å²) < 4.78 is 4.27. The van der Waals surface area contributed by atoms with Crippen LogP contribution >= 0.6 is 0 Å². The van der Waals surface area contributed by atoms with Crippen molar-refractivity contribution >= 4 is 5.97 Å². The molecule has 0 atom stereocenters. The van der Waals surface area contributed by atoms with E-state index in [1.807, 2.05) is 6.92 Å². The molecular weight excluding hydrogens is 156 g/mol. The van der Waals surface area contributed by atoms with Gasteiger partial charge in [-0.15, -0.1) is 0 Å². The monoisotopic (exact) mass is 172 g/mol. The van der Waals surface area contributed by atoms with Gasteiger partial charge in [0.2, 0.25) is 0 Å². The minimum absolute atomic E-state index is 0.163. The van der Waals surface area contributed by atoms with E-state index in [0.29, 0.717) is 5.57 Å². The van der Waals surface area contributed by atoms with Crippen molar-refractivity contribution in [2.75, 3.05) is 13.7 Å². The van der Waals surface area contributed by atoms with Crippen molar-refractivity contribution in [2.45, 2.75) is 13.8 Å². The lowest BCUT2D eigenvalue weighted by molar-refractivity contribution is -0.136. The second-order valence-electron chi connectivity index (χ2n) is 2.02. The van der Waals surface area contributed by atoms with Gasteiger partial charge in [-0.2, -0.15) is 0 Å². The first kappa shape index (κ1) is 13.5. The Morgan fingerprint density at radius 3 is 2.17 bits per heavy atom. The van der Waals surface area contributed by atoms with Crippen molar-refractivity contribution in [3.63, 3.8) is 0 Å². The van der Waals surface area contributed by atoms with Crippen LogP contribution in [0.15, 0.2) is 24.3 Å². The van der Waals surface area contributed by atoms with Gasteiger partial charge >= 0.3 is 5.97 Å². The van der Waals surface area contributed by atoms with E-state index in [9.17, 15) is 4.79 Å². The molecule has 12 heavy (non-hydrogen) atoms. The number of ether oxygens (including phenoxy) is 1. The van der Waals surface area contributed by atoms with Crippen molar-refractivity contribution in [1.29, 1.82) is 0 Å². The number of aliphatic hydroxyl groups excluding tert-OH is 1. The van der Waals surface area contributed by atoms with E-state index >= 15 is 0 Å². The molecular formula is C9H16O3. The summed E-state index contributed by atoms with van der Waals surface area (Å²) in [6, 6.07) is 0. The fraction of sp³-hybridized carbons (Fsp3) is 0.444. The lowest BCUT2D eigenvalue weighted by Gasteiger charge is -1.91. The Bertz CT molecular complexity index is 159. The summed E-state index contributed by atoms with van der Waals surface area (Å²) in [5, 5.41) is 7.98. The Kier molecular flexibility index (Phi) is 11.1. The van der Waals surface area contributed by atoms with Gasteiger partial charge in [-0.3, -0.25) is 0 Å². The van der Waals surface area contributed by atoms with Gasteiger partial charge in [-0.25, -0.2) is 4.79 Å². The van der Waals surface area contributed by atoms with E-state index in [-0.39, 0.29) is 12.6 Å². The summed E-state index contributed by atoms with van der Waals surface area (Å²) >= 11 is 0. The van der Waals surface area contributed by atoms with E-state index in [1.54, 1.807) is 19.1 Å². The number of hydrogen-bond acceptors (Lipinski definition) is 3. The van der Waals surface area contributed by atoms with E-state index < -0.39 is 0 Å². The summed E-state index contributed by atoms with van der Waals surface area (Å²) in [5.41, 5.74) is 0.433. The molecule has 0 saturated carbocycles. The molecule has 0 spiro atoms. The van der Waals surface area contributed by atoms with Crippen LogP contribution in [0.5, 0.6) is 0 Å². The molecule has 70 valence electrons. The van der Waals surface area contributed by atoms with Gasteiger partial charge in [0.05, 0.1) is 13.7 Å². The van der Waals surface area contributed by atoms with Gasteiger partial charge in [0.25, 0.3) is 0 Å². The summed E-state index contributed by atoms with van der Waals surface area (Å²) in [6.07, 6.45) is 3.49. The summed E-state index contributed by atoms with van der Waals surface area (Å²) in [4.78, 5) is 10.2. The number of aliphatic hydroxyl groups is 1. The zero-order valence-corrected chi connectivity index (χ0v) is 7.83. The minimum Gasteiger partial charge on any atom is -0.466 e. The maximum absolute atomic E-state index is 10.2. The standard InChI is InChI=1S/C5H8O2.C4H8O/c1-4(2)5(6)7-3;1-2-3-4-5/h1H2,2-3H3;2-3,5H,4H2,1H3. The van der Waals surface area contributed by atoms with Crippen LogP contribution in [0.2, 0.25) is 0 Å². The SMILES string of the molecule is C=C(C)C(=O)OC.CC=CCO. The normalized spacial score (nSPS) is 8.67. The summed E-state index contributed by atoms with van der Waals surface area (Å²) in [6.45, 7) is 6.99. The van der Waals surface area contributed by atoms with Crippen LogP contribution in [0.1, 0.15) is 13.8 Å². The lowest BCUT2D eigenvalue weighted by Crippen LogP contribution is -1.98. The molecule has 0 aliphatic carbocycles. The van der Waals surface area contributed by atoms with E-state index in [1.165, 1.54) is 7.11 Å². The second kappa shape index (κ2) is 9.91. The second-order valence-corrected chi connectivity index (χ2v) is 2.02. The summed E-state index contributed by atoms with van der Waals surface area (Å²) in [7, 11) is 1.33. The van der Waals surface area contributed by atoms with Gasteiger partial charge < -0.3 is 9.84 Å². The van der Waals surface area contributed by atoms with Gasteiger partial charge in [0.15, 0.2) is 0 Å². The molecule has 0 saturated heterocycles. The molecule has 0 aromatic rings. The topological polar surface area (TPSA) is 46.5 Å². The molecule has 0 fully saturated rings. The van der Waals surface area contributed by atoms with E-state index in [0.717, 1.165) is 0 Å². The molecule has 0 aliphatic rings. The van der Waals surface area contributed by atoms with Crippen LogP contribution in [0, 0.1) is 0 Å². The average Bonchev–Trinajstić information content (AvgIpc) is 2.05. The zero-order valence-electron chi connectivity index (χ0n) is 7.83. The van der Waals surface area contributed by atoms with E-state index in [4.69, 9.17) is 5.11 Å². The summed E-state index contributed by atoms with van der Waals surface area (Å²) in [5.74, 6) is -0.347. The average molecular weight is 172 g/mol. The smallest absolute Gasteiger partial charge is 0.332 e. The highest BCUT2D eigenvalue weighted by atomic mass is 16.5. The highest BCUT2D eigenvalue weighted by Crippen LogP contribution is 1.87. The Morgan fingerprint density at radius 2 is 2.17 bits per heavy atom. The van der Waals surface area contributed by atoms with E-state index in [2.05, 4.69) is 11.3 Å². The number of allylic oxidation sites excluding steroid dienone is 1. The number of rotatable bonds is 2. The number of hydrogen-bond donors (Lipinski definition) is 1. The number of methoxy groups -OCH3 is 1. The van der Waals surface area contributed by atoms with Crippen molar-refractivity contribution < 1.29 is 14.6 Å². The predicted molar refractivity (Wildman–Crippen MR) is 48.7 cm³/mol. The number of carbonyl (C=O) groups excluding carboxylic acids is 1. The fourth-order valence-electron chi connectivity index (χ4n) is 0.280. The van der Waals surface area contributed by atoms with Crippen LogP contribution in [-0.4, -0.2) is 24.8 Å². The molecule has 1 N–H and O–H groups in total. The highest BCUT2D eigenvalue weighted by molar-refractivity contribution is 5.86. The Balaban J connectivity index is 0. The van der Waals surface area contributed by atoms with Crippen LogP contribution in [0.4, 0.5) is 0 Å². The Labute approximate surface area is 73.4 Å². The first-order valence-corrected chi connectivity index (χ1v) is 3.56. The van der Waals surface area contributed by atoms with Crippen molar-refractivity contribution in [3.8, 4) is 0 Å². The Hall–Kier alpha value is -1.09. The molecule has 0 unspecified atom stereocenters. The predicted octanol–water partition coefficient (Wildman–Crippen LogP) is 1.29. The third-order valence-corrected chi connectivity index (χ3v) is 0.875. The molecule has 0 aromatic carbocycles. The molecule has 0 aliphatic heterocycles. The number of esters is 1. The maximum atomic E-state index is 10.2. The molecule has 0 amide bonds. The molecule has 0 bridgehead atoms. The van der Waals surface area contributed by atoms with Crippen LogP contribution in [0.3, 0.4) is 0 Å². The van der Waals surface area contributed by atoms with Gasteiger partial charge in [-0.1, -0.05) is 18.7 Å². The molecule has 0 radical (unpaired) electrons. The Morgan fingerprint density at radius 1 is 1.67 bits per heavy atom. The quantitative estimate of drug-likeness (QED) is 0.388. The van der Waals surface area contributed by atoms with Gasteiger partial charge in [0.1, 0.15) is 0 Å². The molecule has 3 heteroatoms. The minimum atomic E-state index is -0.347.